The molecule has 0 aliphatic carbocycles. The van der Waals surface area contributed by atoms with E-state index in [2.05, 4.69) is 0 Å². The topological polar surface area (TPSA) is 9.23 Å². The van der Waals surface area contributed by atoms with Crippen LogP contribution < -0.4 is 61.6 Å². The fourth-order valence-electron chi connectivity index (χ4n) is 1.79. The summed E-state index contributed by atoms with van der Waals surface area (Å²) in [4.78, 5) is 0. The molecular weight excluding hydrogens is 310 g/mol. The summed E-state index contributed by atoms with van der Waals surface area (Å²) < 4.78 is 56.1. The van der Waals surface area contributed by atoms with Gasteiger partial charge in [0.1, 0.15) is 18.2 Å². The molecule has 2 aromatic rings. The van der Waals surface area contributed by atoms with Crippen LogP contribution in [0.2, 0.25) is 0 Å². The van der Waals surface area contributed by atoms with E-state index in [1.165, 1.54) is 24.3 Å². The number of benzene rings is 2. The standard InChI is InChI=1S/C14H12BF4O.K/c1-10-7-13(16)6-5-11(10)9-20-14-4-2-3-12(8-14)15(17,18)19;/h2-8H,9H2,1H3;/q-1;+1. The Balaban J connectivity index is 0.00000220. The van der Waals surface area contributed by atoms with E-state index in [0.717, 1.165) is 17.7 Å². The fraction of sp³-hybridized carbons (Fsp3) is 0.143. The Kier molecular flexibility index (Phi) is 6.93. The SMILES string of the molecule is Cc1cc(F)ccc1COc1cccc([B-](F)(F)F)c1.[K+]. The van der Waals surface area contributed by atoms with E-state index in [-0.39, 0.29) is 69.6 Å². The van der Waals surface area contributed by atoms with E-state index in [4.69, 9.17) is 4.74 Å². The second-order valence-electron chi connectivity index (χ2n) is 4.51. The van der Waals surface area contributed by atoms with E-state index in [9.17, 15) is 17.3 Å². The molecule has 0 bridgehead atoms. The van der Waals surface area contributed by atoms with Gasteiger partial charge in [0.15, 0.2) is 0 Å². The Bertz CT molecular complexity index is 616. The third-order valence-corrected chi connectivity index (χ3v) is 2.94. The molecule has 0 saturated heterocycles. The predicted octanol–water partition coefficient (Wildman–Crippen LogP) is 0.772. The first kappa shape index (κ1) is 18.7. The molecule has 0 aromatic heterocycles. The van der Waals surface area contributed by atoms with Gasteiger partial charge in [-0.05, 0) is 42.3 Å². The van der Waals surface area contributed by atoms with Crippen molar-refractivity contribution in [1.29, 1.82) is 0 Å². The van der Waals surface area contributed by atoms with Gasteiger partial charge in [0.05, 0.1) is 0 Å². The predicted molar refractivity (Wildman–Crippen MR) is 70.6 cm³/mol. The number of halogens is 4. The maximum Gasteiger partial charge on any atom is 1.00 e. The van der Waals surface area contributed by atoms with Gasteiger partial charge in [-0.1, -0.05) is 18.2 Å². The summed E-state index contributed by atoms with van der Waals surface area (Å²) in [5.74, 6) is -0.210. The summed E-state index contributed by atoms with van der Waals surface area (Å²) in [5.41, 5.74) is 0.730. The van der Waals surface area contributed by atoms with Crippen molar-refractivity contribution in [3.05, 3.63) is 59.4 Å². The smallest absolute Gasteiger partial charge is 0.489 e. The molecule has 0 atom stereocenters. The van der Waals surface area contributed by atoms with Crippen LogP contribution >= 0.6 is 0 Å². The van der Waals surface area contributed by atoms with Crippen LogP contribution in [0, 0.1) is 12.7 Å². The maximum absolute atomic E-state index is 12.9. The minimum atomic E-state index is -5.04. The zero-order valence-corrected chi connectivity index (χ0v) is 14.9. The van der Waals surface area contributed by atoms with Gasteiger partial charge in [0.25, 0.3) is 0 Å². The number of ether oxygens (including phenoxy) is 1. The first-order valence-electron chi connectivity index (χ1n) is 6.04. The van der Waals surface area contributed by atoms with Crippen molar-refractivity contribution in [2.24, 2.45) is 0 Å². The molecule has 0 aliphatic heterocycles. The molecule has 1 nitrogen and oxygen atoms in total. The van der Waals surface area contributed by atoms with Gasteiger partial charge >= 0.3 is 58.4 Å². The van der Waals surface area contributed by atoms with Gasteiger partial charge in [-0.3, -0.25) is 0 Å². The van der Waals surface area contributed by atoms with Gasteiger partial charge in [-0.25, -0.2) is 4.39 Å². The monoisotopic (exact) mass is 322 g/mol. The van der Waals surface area contributed by atoms with Crippen molar-refractivity contribution in [3.8, 4) is 5.75 Å². The molecule has 0 spiro atoms. The number of hydrogen-bond donors (Lipinski definition) is 0. The Morgan fingerprint density at radius 2 is 1.76 bits per heavy atom. The molecule has 0 radical (unpaired) electrons. The molecule has 0 amide bonds. The minimum absolute atomic E-state index is 0. The summed E-state index contributed by atoms with van der Waals surface area (Å²) in [6, 6.07) is 8.95. The molecule has 7 heteroatoms. The molecule has 0 N–H and O–H groups in total. The number of hydrogen-bond acceptors (Lipinski definition) is 1. The molecule has 0 fully saturated rings. The van der Waals surface area contributed by atoms with Crippen LogP contribution in [0.3, 0.4) is 0 Å². The van der Waals surface area contributed by atoms with Crippen LogP contribution in [0.25, 0.3) is 0 Å². The van der Waals surface area contributed by atoms with Crippen LogP contribution in [0.15, 0.2) is 42.5 Å². The van der Waals surface area contributed by atoms with Gasteiger partial charge in [0.2, 0.25) is 0 Å². The van der Waals surface area contributed by atoms with Crippen LogP contribution in [0.1, 0.15) is 11.1 Å². The Hall–Kier alpha value is -0.339. The summed E-state index contributed by atoms with van der Waals surface area (Å²) >= 11 is 0. The van der Waals surface area contributed by atoms with E-state index in [1.807, 2.05) is 0 Å². The third kappa shape index (κ3) is 5.41. The molecule has 0 aliphatic rings. The molecule has 21 heavy (non-hydrogen) atoms. The molecule has 0 heterocycles. The largest absolute Gasteiger partial charge is 1.00 e. The second kappa shape index (κ2) is 7.78. The average molecular weight is 322 g/mol. The van der Waals surface area contributed by atoms with Crippen LogP contribution in [-0.4, -0.2) is 6.98 Å². The Labute approximate surface area is 163 Å². The normalized spacial score (nSPS) is 10.9. The fourth-order valence-corrected chi connectivity index (χ4v) is 1.79. The van der Waals surface area contributed by atoms with Crippen molar-refractivity contribution in [1.82, 2.24) is 0 Å². The average Bonchev–Trinajstić information content (AvgIpc) is 2.37. The zero-order chi connectivity index (χ0) is 14.8. The number of aryl methyl sites for hydroxylation is 1. The zero-order valence-electron chi connectivity index (χ0n) is 11.7. The maximum atomic E-state index is 12.9. The van der Waals surface area contributed by atoms with E-state index < -0.39 is 12.4 Å². The third-order valence-electron chi connectivity index (χ3n) is 2.94. The van der Waals surface area contributed by atoms with E-state index >= 15 is 0 Å². The van der Waals surface area contributed by atoms with E-state index in [0.29, 0.717) is 5.56 Å². The second-order valence-corrected chi connectivity index (χ2v) is 4.51. The summed E-state index contributed by atoms with van der Waals surface area (Å²) in [7, 11) is 0. The molecule has 0 saturated carbocycles. The Morgan fingerprint density at radius 3 is 2.38 bits per heavy atom. The molecule has 2 aromatic carbocycles. The summed E-state index contributed by atoms with van der Waals surface area (Å²) in [5, 5.41) is 0. The molecule has 106 valence electrons. The summed E-state index contributed by atoms with van der Waals surface area (Å²) in [6.45, 7) is -3.22. The van der Waals surface area contributed by atoms with Crippen LogP contribution in [0.4, 0.5) is 17.3 Å². The molecule has 0 unspecified atom stereocenters. The van der Waals surface area contributed by atoms with Crippen LogP contribution in [0.5, 0.6) is 5.75 Å². The molecule has 2 rings (SSSR count). The first-order chi connectivity index (χ1) is 9.36. The van der Waals surface area contributed by atoms with E-state index in [1.54, 1.807) is 13.0 Å². The van der Waals surface area contributed by atoms with Crippen molar-refractivity contribution >= 4 is 12.4 Å². The van der Waals surface area contributed by atoms with Crippen molar-refractivity contribution in [2.45, 2.75) is 13.5 Å². The minimum Gasteiger partial charge on any atom is -0.489 e. The van der Waals surface area contributed by atoms with Gasteiger partial charge in [-0.2, -0.15) is 0 Å². The van der Waals surface area contributed by atoms with Crippen molar-refractivity contribution in [2.75, 3.05) is 0 Å². The summed E-state index contributed by atoms with van der Waals surface area (Å²) in [6.07, 6.45) is 0. The Morgan fingerprint density at radius 1 is 1.05 bits per heavy atom. The van der Waals surface area contributed by atoms with Gasteiger partial charge in [0, 0.05) is 0 Å². The van der Waals surface area contributed by atoms with Crippen LogP contribution in [-0.2, 0) is 6.61 Å². The molecular formula is C14H12BF4KO. The number of rotatable bonds is 4. The first-order valence-corrected chi connectivity index (χ1v) is 6.04. The van der Waals surface area contributed by atoms with Gasteiger partial charge < -0.3 is 17.7 Å². The van der Waals surface area contributed by atoms with Crippen molar-refractivity contribution in [3.63, 3.8) is 0 Å². The van der Waals surface area contributed by atoms with Crippen molar-refractivity contribution < 1.29 is 73.5 Å². The quantitative estimate of drug-likeness (QED) is 0.597. The van der Waals surface area contributed by atoms with Gasteiger partial charge in [-0.15, -0.1) is 5.46 Å².